The fourth-order valence-electron chi connectivity index (χ4n) is 8.73. The molecule has 0 radical (unpaired) electrons. The minimum atomic E-state index is -0.772. The van der Waals surface area contributed by atoms with Crippen LogP contribution in [0.1, 0.15) is 323 Å². The van der Waals surface area contributed by atoms with Crippen LogP contribution in [0.3, 0.4) is 0 Å². The molecule has 0 aliphatic rings. The van der Waals surface area contributed by atoms with E-state index < -0.39 is 6.10 Å². The lowest BCUT2D eigenvalue weighted by Crippen LogP contribution is -2.30. The average molecular weight is 930 g/mol. The number of carbonyl (C=O) groups is 3. The number of rotatable bonds is 54. The van der Waals surface area contributed by atoms with Gasteiger partial charge in [-0.15, -0.1) is 0 Å². The van der Waals surface area contributed by atoms with E-state index in [0.717, 1.165) is 64.2 Å². The molecule has 0 aromatic rings. The zero-order chi connectivity index (χ0) is 47.9. The van der Waals surface area contributed by atoms with Gasteiger partial charge in [-0.3, -0.25) is 14.4 Å². The maximum absolute atomic E-state index is 12.8. The fraction of sp³-hybridized carbons (Fsp3) is 0.883. The van der Waals surface area contributed by atoms with Crippen LogP contribution in [0.5, 0.6) is 0 Å². The van der Waals surface area contributed by atoms with E-state index >= 15 is 0 Å². The summed E-state index contributed by atoms with van der Waals surface area (Å²) in [6.45, 7) is 6.67. The molecule has 0 saturated carbocycles. The second-order valence-corrected chi connectivity index (χ2v) is 19.9. The summed E-state index contributed by atoms with van der Waals surface area (Å²) in [7, 11) is 0. The maximum Gasteiger partial charge on any atom is 0.306 e. The first-order valence-corrected chi connectivity index (χ1v) is 29.3. The van der Waals surface area contributed by atoms with E-state index in [9.17, 15) is 14.4 Å². The Bertz CT molecular complexity index is 1070. The topological polar surface area (TPSA) is 78.9 Å². The highest BCUT2D eigenvalue weighted by Crippen LogP contribution is 2.16. The number of unbranched alkanes of at least 4 members (excludes halogenated alkanes) is 39. The molecule has 0 rings (SSSR count). The van der Waals surface area contributed by atoms with Crippen LogP contribution in [0.4, 0.5) is 0 Å². The molecule has 0 aliphatic heterocycles. The van der Waals surface area contributed by atoms with Crippen molar-refractivity contribution in [1.29, 1.82) is 0 Å². The molecular weight excluding hydrogens is 817 g/mol. The molecule has 0 unspecified atom stereocenters. The Kier molecular flexibility index (Phi) is 53.7. The van der Waals surface area contributed by atoms with Gasteiger partial charge in [0.1, 0.15) is 13.2 Å². The Labute approximate surface area is 411 Å². The van der Waals surface area contributed by atoms with Gasteiger partial charge in [0.25, 0.3) is 0 Å². The summed E-state index contributed by atoms with van der Waals surface area (Å²) in [5.74, 6) is -0.864. The quantitative estimate of drug-likeness (QED) is 0.0262. The third-order valence-electron chi connectivity index (χ3n) is 13.2. The maximum atomic E-state index is 12.8. The molecule has 0 bridgehead atoms. The first kappa shape index (κ1) is 63.9. The van der Waals surface area contributed by atoms with E-state index in [1.807, 2.05) is 0 Å². The third-order valence-corrected chi connectivity index (χ3v) is 13.2. The number of carbonyl (C=O) groups excluding carboxylic acids is 3. The van der Waals surface area contributed by atoms with Gasteiger partial charge in [0, 0.05) is 19.3 Å². The van der Waals surface area contributed by atoms with Gasteiger partial charge in [0.2, 0.25) is 0 Å². The van der Waals surface area contributed by atoms with E-state index in [4.69, 9.17) is 14.2 Å². The van der Waals surface area contributed by atoms with Gasteiger partial charge < -0.3 is 14.2 Å². The van der Waals surface area contributed by atoms with E-state index in [-0.39, 0.29) is 31.1 Å². The number of hydrogen-bond acceptors (Lipinski definition) is 6. The molecule has 0 fully saturated rings. The SMILES string of the molecule is CCCCCCC/C=C\CCCCCCCC(=O)OC[C@H](COC(=O)CCCCCCCCC/C=C\CCCCCCCCCC)OC(=O)CCCCCCCCCCCCCCCCC. The van der Waals surface area contributed by atoms with Gasteiger partial charge in [-0.2, -0.15) is 0 Å². The Hall–Kier alpha value is -2.11. The van der Waals surface area contributed by atoms with Gasteiger partial charge in [-0.05, 0) is 70.6 Å². The molecule has 388 valence electrons. The summed E-state index contributed by atoms with van der Waals surface area (Å²) in [6.07, 6.45) is 64.5. The number of allylic oxidation sites excluding steroid dienone is 4. The van der Waals surface area contributed by atoms with Crippen molar-refractivity contribution in [2.24, 2.45) is 0 Å². The van der Waals surface area contributed by atoms with Crippen molar-refractivity contribution in [2.75, 3.05) is 13.2 Å². The summed E-state index contributed by atoms with van der Waals surface area (Å²) in [5.41, 5.74) is 0. The van der Waals surface area contributed by atoms with Gasteiger partial charge in [-0.25, -0.2) is 0 Å². The van der Waals surface area contributed by atoms with Gasteiger partial charge in [-0.1, -0.05) is 257 Å². The molecule has 0 spiro atoms. The van der Waals surface area contributed by atoms with E-state index in [2.05, 4.69) is 45.1 Å². The molecule has 66 heavy (non-hydrogen) atoms. The number of ether oxygens (including phenoxy) is 3. The summed E-state index contributed by atoms with van der Waals surface area (Å²) in [4.78, 5) is 38.1. The van der Waals surface area contributed by atoms with Gasteiger partial charge >= 0.3 is 17.9 Å². The van der Waals surface area contributed by atoms with Gasteiger partial charge in [0.15, 0.2) is 6.10 Å². The Morgan fingerprint density at radius 2 is 0.500 bits per heavy atom. The second kappa shape index (κ2) is 55.5. The van der Waals surface area contributed by atoms with Crippen molar-refractivity contribution in [2.45, 2.75) is 329 Å². The van der Waals surface area contributed by atoms with Crippen LogP contribution in [0.15, 0.2) is 24.3 Å². The van der Waals surface area contributed by atoms with E-state index in [1.54, 1.807) is 0 Å². The van der Waals surface area contributed by atoms with Crippen molar-refractivity contribution in [3.63, 3.8) is 0 Å². The lowest BCUT2D eigenvalue weighted by Gasteiger charge is -2.18. The van der Waals surface area contributed by atoms with Crippen LogP contribution < -0.4 is 0 Å². The molecule has 0 heterocycles. The first-order chi connectivity index (χ1) is 32.5. The highest BCUT2D eigenvalue weighted by molar-refractivity contribution is 5.71. The standard InChI is InChI=1S/C60H112O6/c1-4-7-10-13-16-19-22-25-28-29-30-31-33-35-38-41-44-47-50-53-59(62)65-56-57(55-64-58(61)52-49-46-43-40-37-34-27-24-21-18-15-12-9-6-3)66-60(63)54-51-48-45-42-39-36-32-26-23-20-17-14-11-8-5-2/h24,27,29-30,57H,4-23,25-26,28,31-56H2,1-3H3/b27-24-,30-29-/t57-/m1/s1. The molecule has 0 aromatic carbocycles. The van der Waals surface area contributed by atoms with Crippen molar-refractivity contribution in [3.05, 3.63) is 24.3 Å². The molecule has 0 N–H and O–H groups in total. The molecule has 6 heteroatoms. The molecule has 0 saturated heterocycles. The van der Waals surface area contributed by atoms with Crippen LogP contribution in [-0.2, 0) is 28.6 Å². The summed E-state index contributed by atoms with van der Waals surface area (Å²) >= 11 is 0. The zero-order valence-corrected chi connectivity index (χ0v) is 44.5. The minimum absolute atomic E-state index is 0.0718. The monoisotopic (exact) mass is 929 g/mol. The normalized spacial score (nSPS) is 12.1. The Balaban J connectivity index is 4.32. The Morgan fingerprint density at radius 1 is 0.288 bits per heavy atom. The molecule has 6 nitrogen and oxygen atoms in total. The van der Waals surface area contributed by atoms with Crippen LogP contribution >= 0.6 is 0 Å². The largest absolute Gasteiger partial charge is 0.462 e. The van der Waals surface area contributed by atoms with Crippen molar-refractivity contribution < 1.29 is 28.6 Å². The lowest BCUT2D eigenvalue weighted by molar-refractivity contribution is -0.167. The van der Waals surface area contributed by atoms with Crippen molar-refractivity contribution in [3.8, 4) is 0 Å². The van der Waals surface area contributed by atoms with Gasteiger partial charge in [0.05, 0.1) is 0 Å². The van der Waals surface area contributed by atoms with E-state index in [0.29, 0.717) is 19.3 Å². The molecule has 0 aromatic heterocycles. The predicted molar refractivity (Wildman–Crippen MR) is 284 cm³/mol. The summed E-state index contributed by atoms with van der Waals surface area (Å²) in [5, 5.41) is 0. The van der Waals surface area contributed by atoms with Crippen molar-refractivity contribution >= 4 is 17.9 Å². The summed E-state index contributed by atoms with van der Waals surface area (Å²) in [6, 6.07) is 0. The Morgan fingerprint density at radius 3 is 0.758 bits per heavy atom. The van der Waals surface area contributed by atoms with Crippen LogP contribution in [-0.4, -0.2) is 37.2 Å². The van der Waals surface area contributed by atoms with Crippen LogP contribution in [0.25, 0.3) is 0 Å². The molecule has 1 atom stereocenters. The smallest absolute Gasteiger partial charge is 0.306 e. The third kappa shape index (κ3) is 52.9. The second-order valence-electron chi connectivity index (χ2n) is 19.9. The predicted octanol–water partition coefficient (Wildman–Crippen LogP) is 19.5. The zero-order valence-electron chi connectivity index (χ0n) is 44.5. The van der Waals surface area contributed by atoms with Crippen molar-refractivity contribution in [1.82, 2.24) is 0 Å². The number of hydrogen-bond donors (Lipinski definition) is 0. The highest BCUT2D eigenvalue weighted by atomic mass is 16.6. The number of esters is 3. The molecule has 0 amide bonds. The fourth-order valence-corrected chi connectivity index (χ4v) is 8.73. The highest BCUT2D eigenvalue weighted by Gasteiger charge is 2.19. The molecule has 0 aliphatic carbocycles. The van der Waals surface area contributed by atoms with Crippen LogP contribution in [0.2, 0.25) is 0 Å². The van der Waals surface area contributed by atoms with E-state index in [1.165, 1.54) is 218 Å². The first-order valence-electron chi connectivity index (χ1n) is 29.3. The lowest BCUT2D eigenvalue weighted by atomic mass is 10.0. The minimum Gasteiger partial charge on any atom is -0.462 e. The molecular formula is C60H112O6. The summed E-state index contributed by atoms with van der Waals surface area (Å²) < 4.78 is 16.9. The average Bonchev–Trinajstić information content (AvgIpc) is 3.31. The van der Waals surface area contributed by atoms with Crippen LogP contribution in [0, 0.1) is 0 Å².